The van der Waals surface area contributed by atoms with E-state index in [0.717, 1.165) is 15.1 Å². The van der Waals surface area contributed by atoms with Crippen molar-refractivity contribution in [1.29, 1.82) is 0 Å². The molecule has 0 aliphatic carbocycles. The maximum absolute atomic E-state index is 12.6. The number of carbonyl (C=O) groups excluding carboxylic acids is 1. The smallest absolute Gasteiger partial charge is 0.293 e. The second kappa shape index (κ2) is 6.57. The van der Waals surface area contributed by atoms with E-state index in [4.69, 9.17) is 0 Å². The summed E-state index contributed by atoms with van der Waals surface area (Å²) in [4.78, 5) is 25.8. The van der Waals surface area contributed by atoms with Crippen molar-refractivity contribution >= 4 is 28.4 Å². The Kier molecular flexibility index (Phi) is 4.10. The summed E-state index contributed by atoms with van der Waals surface area (Å²) >= 11 is 1.55. The zero-order valence-corrected chi connectivity index (χ0v) is 14.7. The van der Waals surface area contributed by atoms with Gasteiger partial charge in [0, 0.05) is 5.69 Å². The van der Waals surface area contributed by atoms with E-state index in [1.165, 1.54) is 10.8 Å². The molecule has 4 rings (SSSR count). The molecule has 7 nitrogen and oxygen atoms in total. The molecule has 4 aromatic rings. The predicted octanol–water partition coefficient (Wildman–Crippen LogP) is 2.57. The molecule has 1 amide bonds. The average molecular weight is 365 g/mol. The van der Waals surface area contributed by atoms with Crippen molar-refractivity contribution in [1.82, 2.24) is 19.4 Å². The summed E-state index contributed by atoms with van der Waals surface area (Å²) in [5, 5.41) is 13.1. The van der Waals surface area contributed by atoms with Gasteiger partial charge in [0.25, 0.3) is 5.56 Å². The van der Waals surface area contributed by atoms with E-state index in [1.54, 1.807) is 23.5 Å². The van der Waals surface area contributed by atoms with E-state index >= 15 is 0 Å². The average Bonchev–Trinajstić information content (AvgIpc) is 3.26. The number of anilines is 1. The molecule has 0 radical (unpaired) electrons. The minimum Gasteiger partial charge on any atom is -0.324 e. The van der Waals surface area contributed by atoms with Crippen molar-refractivity contribution in [2.45, 2.75) is 13.5 Å². The zero-order valence-electron chi connectivity index (χ0n) is 13.9. The Balaban J connectivity index is 1.59. The van der Waals surface area contributed by atoms with E-state index in [-0.39, 0.29) is 18.0 Å². The summed E-state index contributed by atoms with van der Waals surface area (Å²) < 4.78 is 2.58. The van der Waals surface area contributed by atoms with Crippen LogP contribution in [0.25, 0.3) is 16.1 Å². The van der Waals surface area contributed by atoms with Gasteiger partial charge in [-0.2, -0.15) is 10.2 Å². The third-order valence-electron chi connectivity index (χ3n) is 3.86. The van der Waals surface area contributed by atoms with Crippen LogP contribution in [0, 0.1) is 6.92 Å². The number of aromatic nitrogens is 4. The van der Waals surface area contributed by atoms with Crippen molar-refractivity contribution in [3.8, 4) is 10.6 Å². The number of aryl methyl sites for hydroxylation is 1. The number of hydrogen-bond acceptors (Lipinski definition) is 5. The number of rotatable bonds is 4. The third-order valence-corrected chi connectivity index (χ3v) is 4.75. The normalized spacial score (nSPS) is 11.0. The van der Waals surface area contributed by atoms with Crippen molar-refractivity contribution in [3.05, 3.63) is 70.1 Å². The highest BCUT2D eigenvalue weighted by atomic mass is 32.1. The van der Waals surface area contributed by atoms with Crippen LogP contribution in [-0.4, -0.2) is 25.3 Å². The van der Waals surface area contributed by atoms with E-state index in [2.05, 4.69) is 15.5 Å². The summed E-state index contributed by atoms with van der Waals surface area (Å²) in [5.41, 5.74) is 2.46. The standard InChI is InChI=1S/C18H15N5O2S/c1-12-4-2-5-13(8-12)20-17(24)10-22-18(25)15-9-14(16-6-3-7-26-16)21-23(15)11-19-22/h2-9,11H,10H2,1H3,(H,20,24). The molecular formula is C18H15N5O2S. The maximum Gasteiger partial charge on any atom is 0.293 e. The fraction of sp³-hybridized carbons (Fsp3) is 0.111. The second-order valence-electron chi connectivity index (χ2n) is 5.85. The minimum absolute atomic E-state index is 0.164. The summed E-state index contributed by atoms with van der Waals surface area (Å²) in [7, 11) is 0. The quantitative estimate of drug-likeness (QED) is 0.603. The van der Waals surface area contributed by atoms with Gasteiger partial charge in [-0.25, -0.2) is 9.20 Å². The highest BCUT2D eigenvalue weighted by Crippen LogP contribution is 2.23. The molecule has 0 fully saturated rings. The summed E-state index contributed by atoms with van der Waals surface area (Å²) in [6.07, 6.45) is 1.44. The van der Waals surface area contributed by atoms with Crippen LogP contribution in [0.5, 0.6) is 0 Å². The largest absolute Gasteiger partial charge is 0.324 e. The Morgan fingerprint density at radius 1 is 1.23 bits per heavy atom. The van der Waals surface area contributed by atoms with Crippen LogP contribution in [0.2, 0.25) is 0 Å². The van der Waals surface area contributed by atoms with Gasteiger partial charge in [-0.05, 0) is 42.1 Å². The second-order valence-corrected chi connectivity index (χ2v) is 6.80. The van der Waals surface area contributed by atoms with Gasteiger partial charge < -0.3 is 5.32 Å². The van der Waals surface area contributed by atoms with Crippen LogP contribution < -0.4 is 10.9 Å². The minimum atomic E-state index is -0.359. The number of nitrogens with zero attached hydrogens (tertiary/aromatic N) is 4. The Hall–Kier alpha value is -3.26. The van der Waals surface area contributed by atoms with E-state index in [0.29, 0.717) is 16.9 Å². The Morgan fingerprint density at radius 3 is 2.88 bits per heavy atom. The first-order valence-electron chi connectivity index (χ1n) is 7.96. The number of nitrogens with one attached hydrogen (secondary N) is 1. The van der Waals surface area contributed by atoms with Crippen molar-refractivity contribution in [3.63, 3.8) is 0 Å². The van der Waals surface area contributed by atoms with Crippen LogP contribution in [0.3, 0.4) is 0 Å². The maximum atomic E-state index is 12.6. The molecule has 3 heterocycles. The predicted molar refractivity (Wildman–Crippen MR) is 100 cm³/mol. The highest BCUT2D eigenvalue weighted by Gasteiger charge is 2.12. The molecule has 130 valence electrons. The van der Waals surface area contributed by atoms with Crippen LogP contribution in [0.15, 0.2) is 59.0 Å². The lowest BCUT2D eigenvalue weighted by Crippen LogP contribution is -2.30. The van der Waals surface area contributed by atoms with E-state index in [9.17, 15) is 9.59 Å². The first-order valence-corrected chi connectivity index (χ1v) is 8.84. The van der Waals surface area contributed by atoms with Crippen LogP contribution >= 0.6 is 11.3 Å². The number of thiophene rings is 1. The first kappa shape index (κ1) is 16.2. The topological polar surface area (TPSA) is 81.3 Å². The molecular weight excluding hydrogens is 350 g/mol. The van der Waals surface area contributed by atoms with Crippen LogP contribution in [-0.2, 0) is 11.3 Å². The van der Waals surface area contributed by atoms with Crippen molar-refractivity contribution < 1.29 is 4.79 Å². The molecule has 1 N–H and O–H groups in total. The summed E-state index contributed by atoms with van der Waals surface area (Å²) in [6.45, 7) is 1.78. The molecule has 1 aromatic carbocycles. The van der Waals surface area contributed by atoms with Gasteiger partial charge in [-0.3, -0.25) is 9.59 Å². The van der Waals surface area contributed by atoms with E-state index in [1.807, 2.05) is 42.6 Å². The molecule has 0 spiro atoms. The molecule has 0 saturated carbocycles. The fourth-order valence-electron chi connectivity index (χ4n) is 2.65. The molecule has 0 bridgehead atoms. The van der Waals surface area contributed by atoms with Gasteiger partial charge in [0.15, 0.2) is 0 Å². The fourth-order valence-corrected chi connectivity index (χ4v) is 3.34. The molecule has 3 aromatic heterocycles. The number of hydrogen-bond donors (Lipinski definition) is 1. The van der Waals surface area contributed by atoms with Gasteiger partial charge in [-0.15, -0.1) is 11.3 Å². The van der Waals surface area contributed by atoms with Gasteiger partial charge in [0.1, 0.15) is 24.1 Å². The number of fused-ring (bicyclic) bond motifs is 1. The number of benzene rings is 1. The summed E-state index contributed by atoms with van der Waals surface area (Å²) in [6, 6.07) is 13.0. The van der Waals surface area contributed by atoms with Crippen LogP contribution in [0.4, 0.5) is 5.69 Å². The molecule has 26 heavy (non-hydrogen) atoms. The Bertz CT molecular complexity index is 1140. The first-order chi connectivity index (χ1) is 12.6. The molecule has 0 unspecified atom stereocenters. The van der Waals surface area contributed by atoms with Gasteiger partial charge in [0.05, 0.1) is 4.88 Å². The number of carbonyl (C=O) groups is 1. The highest BCUT2D eigenvalue weighted by molar-refractivity contribution is 7.13. The van der Waals surface area contributed by atoms with Crippen molar-refractivity contribution in [2.75, 3.05) is 5.32 Å². The van der Waals surface area contributed by atoms with Gasteiger partial charge in [-0.1, -0.05) is 18.2 Å². The van der Waals surface area contributed by atoms with Gasteiger partial charge in [0.2, 0.25) is 5.91 Å². The Morgan fingerprint density at radius 2 is 2.12 bits per heavy atom. The molecule has 0 aliphatic rings. The van der Waals surface area contributed by atoms with Crippen molar-refractivity contribution in [2.24, 2.45) is 0 Å². The lowest BCUT2D eigenvalue weighted by Gasteiger charge is -2.07. The molecule has 0 saturated heterocycles. The lowest BCUT2D eigenvalue weighted by molar-refractivity contribution is -0.117. The van der Waals surface area contributed by atoms with Gasteiger partial charge >= 0.3 is 0 Å². The zero-order chi connectivity index (χ0) is 18.1. The Labute approximate surface area is 152 Å². The SMILES string of the molecule is Cc1cccc(NC(=O)Cn2ncn3nc(-c4cccs4)cc3c2=O)c1. The molecule has 8 heteroatoms. The van der Waals surface area contributed by atoms with Crippen LogP contribution in [0.1, 0.15) is 5.56 Å². The van der Waals surface area contributed by atoms with E-state index < -0.39 is 0 Å². The monoisotopic (exact) mass is 365 g/mol. The molecule has 0 atom stereocenters. The number of amides is 1. The molecule has 0 aliphatic heterocycles. The summed E-state index contributed by atoms with van der Waals surface area (Å²) in [5.74, 6) is -0.312. The third kappa shape index (κ3) is 3.14. The lowest BCUT2D eigenvalue weighted by atomic mass is 10.2.